The fraction of sp³-hybridized carbons (Fsp3) is 0.387. The number of aliphatic hydroxyl groups is 1. The number of nitrogens with zero attached hydrogens (tertiary/aromatic N) is 4. The molecule has 2 aromatic carbocycles. The lowest BCUT2D eigenvalue weighted by Crippen LogP contribution is -2.42. The largest absolute Gasteiger partial charge is 0.478 e. The van der Waals surface area contributed by atoms with Crippen molar-refractivity contribution in [2.75, 3.05) is 38.0 Å². The maximum Gasteiger partial charge on any atom is 0.335 e. The summed E-state index contributed by atoms with van der Waals surface area (Å²) in [5.41, 5.74) is 3.26. The highest BCUT2D eigenvalue weighted by atomic mass is 16.4. The van der Waals surface area contributed by atoms with Gasteiger partial charge >= 0.3 is 5.97 Å². The number of aromatic carboxylic acids is 1. The molecule has 0 spiro atoms. The summed E-state index contributed by atoms with van der Waals surface area (Å²) in [5.74, 6) is -0.531. The predicted octanol–water partition coefficient (Wildman–Crippen LogP) is 2.43. The molecule has 0 bridgehead atoms. The van der Waals surface area contributed by atoms with E-state index in [9.17, 15) is 19.5 Å². The van der Waals surface area contributed by atoms with Crippen LogP contribution in [0.5, 0.6) is 0 Å². The maximum atomic E-state index is 12.6. The topological polar surface area (TPSA) is 148 Å². The van der Waals surface area contributed by atoms with Gasteiger partial charge in [0.1, 0.15) is 17.8 Å². The van der Waals surface area contributed by atoms with E-state index in [-0.39, 0.29) is 30.1 Å². The van der Waals surface area contributed by atoms with Crippen molar-refractivity contribution < 1.29 is 24.6 Å². The first-order chi connectivity index (χ1) is 20.3. The lowest BCUT2D eigenvalue weighted by atomic mass is 10.00. The van der Waals surface area contributed by atoms with E-state index in [0.717, 1.165) is 32.4 Å². The first kappa shape index (κ1) is 30.6. The quantitative estimate of drug-likeness (QED) is 0.318. The van der Waals surface area contributed by atoms with Crippen molar-refractivity contribution in [2.45, 2.75) is 44.9 Å². The summed E-state index contributed by atoms with van der Waals surface area (Å²) in [5, 5.41) is 24.9. The fourth-order valence-corrected chi connectivity index (χ4v) is 5.06. The molecule has 2 amide bonds. The van der Waals surface area contributed by atoms with Crippen LogP contribution in [0.4, 0.5) is 5.82 Å². The number of hydrogen-bond donors (Lipinski definition) is 4. The summed E-state index contributed by atoms with van der Waals surface area (Å²) in [6.45, 7) is 5.39. The van der Waals surface area contributed by atoms with Gasteiger partial charge in [-0.2, -0.15) is 0 Å². The molecule has 4 N–H and O–H groups in total. The van der Waals surface area contributed by atoms with Crippen LogP contribution in [0.1, 0.15) is 51.7 Å². The zero-order chi connectivity index (χ0) is 29.9. The average Bonchev–Trinajstić information content (AvgIpc) is 3.01. The van der Waals surface area contributed by atoms with Crippen LogP contribution in [0, 0.1) is 0 Å². The summed E-state index contributed by atoms with van der Waals surface area (Å²) < 4.78 is 0. The van der Waals surface area contributed by atoms with Crippen molar-refractivity contribution in [1.82, 2.24) is 25.1 Å². The van der Waals surface area contributed by atoms with Gasteiger partial charge in [-0.05, 0) is 42.5 Å². The van der Waals surface area contributed by atoms with E-state index in [0.29, 0.717) is 31.0 Å². The second kappa shape index (κ2) is 15.0. The molecule has 0 aliphatic carbocycles. The number of carboxylic acids is 1. The van der Waals surface area contributed by atoms with Gasteiger partial charge in [0.25, 0.3) is 5.91 Å². The smallest absolute Gasteiger partial charge is 0.335 e. The van der Waals surface area contributed by atoms with Gasteiger partial charge in [-0.15, -0.1) is 0 Å². The van der Waals surface area contributed by atoms with Crippen molar-refractivity contribution in [3.8, 4) is 0 Å². The van der Waals surface area contributed by atoms with E-state index >= 15 is 0 Å². The zero-order valence-corrected chi connectivity index (χ0v) is 23.8. The molecule has 2 aliphatic rings. The Hall–Kier alpha value is -4.35. The Labute approximate surface area is 245 Å². The third kappa shape index (κ3) is 9.08. The Bertz CT molecular complexity index is 1350. The molecule has 42 heavy (non-hydrogen) atoms. The molecule has 0 radical (unpaired) electrons. The Morgan fingerprint density at radius 3 is 2.33 bits per heavy atom. The van der Waals surface area contributed by atoms with Crippen LogP contribution in [0.15, 0.2) is 67.0 Å². The highest BCUT2D eigenvalue weighted by Gasteiger charge is 2.22. The molecular weight excluding hydrogens is 536 g/mol. The Morgan fingerprint density at radius 1 is 0.976 bits per heavy atom. The van der Waals surface area contributed by atoms with Gasteiger partial charge in [-0.3, -0.25) is 14.5 Å². The van der Waals surface area contributed by atoms with Crippen LogP contribution in [0.3, 0.4) is 0 Å². The van der Waals surface area contributed by atoms with Crippen LogP contribution in [-0.2, 0) is 17.8 Å². The molecule has 1 atom stereocenters. The van der Waals surface area contributed by atoms with Gasteiger partial charge in [0.15, 0.2) is 0 Å². The SMILES string of the molecule is CC(=O)N1CCC(Nc2cc(C(=O)NC[C@H](O)CN3CCc4ccccc4C3)ncn2)CC1.O=C(O)c1ccccc1. The van der Waals surface area contributed by atoms with E-state index in [1.165, 1.54) is 17.5 Å². The van der Waals surface area contributed by atoms with Crippen LogP contribution in [-0.4, -0.2) is 92.6 Å². The van der Waals surface area contributed by atoms with Gasteiger partial charge < -0.3 is 25.7 Å². The Morgan fingerprint density at radius 2 is 1.67 bits per heavy atom. The monoisotopic (exact) mass is 574 g/mol. The fourth-order valence-electron chi connectivity index (χ4n) is 5.06. The van der Waals surface area contributed by atoms with Crippen molar-refractivity contribution in [3.63, 3.8) is 0 Å². The van der Waals surface area contributed by atoms with E-state index in [4.69, 9.17) is 5.11 Å². The number of anilines is 1. The second-order valence-corrected chi connectivity index (χ2v) is 10.5. The number of carbonyl (C=O) groups is 3. The minimum atomic E-state index is -0.879. The van der Waals surface area contributed by atoms with E-state index < -0.39 is 12.1 Å². The van der Waals surface area contributed by atoms with Gasteiger partial charge in [0.05, 0.1) is 11.7 Å². The second-order valence-electron chi connectivity index (χ2n) is 10.5. The number of aromatic nitrogens is 2. The summed E-state index contributed by atoms with van der Waals surface area (Å²) in [6.07, 6.45) is 3.34. The molecule has 1 saturated heterocycles. The molecule has 3 aromatic rings. The van der Waals surface area contributed by atoms with Crippen LogP contribution >= 0.6 is 0 Å². The normalized spacial score (nSPS) is 15.9. The molecule has 222 valence electrons. The predicted molar refractivity (Wildman–Crippen MR) is 158 cm³/mol. The van der Waals surface area contributed by atoms with E-state index in [1.54, 1.807) is 43.3 Å². The number of fused-ring (bicyclic) bond motifs is 1. The lowest BCUT2D eigenvalue weighted by Gasteiger charge is -2.31. The molecule has 11 heteroatoms. The first-order valence-electron chi connectivity index (χ1n) is 14.2. The molecule has 1 aromatic heterocycles. The number of aliphatic hydroxyl groups excluding tert-OH is 1. The highest BCUT2D eigenvalue weighted by Crippen LogP contribution is 2.19. The van der Waals surface area contributed by atoms with E-state index in [1.807, 2.05) is 11.0 Å². The number of piperidine rings is 1. The van der Waals surface area contributed by atoms with Crippen molar-refractivity contribution in [2.24, 2.45) is 0 Å². The molecule has 0 saturated carbocycles. The number of β-amino-alcohol motifs (C(OH)–C–C–N with tert-alkyl or cyclic N) is 1. The minimum Gasteiger partial charge on any atom is -0.478 e. The molecule has 2 aliphatic heterocycles. The minimum absolute atomic E-state index is 0.0988. The molecule has 11 nitrogen and oxygen atoms in total. The summed E-state index contributed by atoms with van der Waals surface area (Å²) in [6, 6.07) is 18.5. The number of carbonyl (C=O) groups excluding carboxylic acids is 2. The van der Waals surface area contributed by atoms with Crippen LogP contribution < -0.4 is 10.6 Å². The molecule has 5 rings (SSSR count). The van der Waals surface area contributed by atoms with Gasteiger partial charge in [-0.25, -0.2) is 14.8 Å². The lowest BCUT2D eigenvalue weighted by molar-refractivity contribution is -0.129. The molecule has 1 fully saturated rings. The van der Waals surface area contributed by atoms with Crippen molar-refractivity contribution >= 4 is 23.6 Å². The highest BCUT2D eigenvalue weighted by molar-refractivity contribution is 5.92. The third-order valence-corrected chi connectivity index (χ3v) is 7.39. The Balaban J connectivity index is 0.000000385. The van der Waals surface area contributed by atoms with Crippen molar-refractivity contribution in [3.05, 3.63) is 89.4 Å². The molecule has 0 unspecified atom stereocenters. The zero-order valence-electron chi connectivity index (χ0n) is 23.8. The third-order valence-electron chi connectivity index (χ3n) is 7.39. The summed E-state index contributed by atoms with van der Waals surface area (Å²) in [7, 11) is 0. The average molecular weight is 575 g/mol. The van der Waals surface area contributed by atoms with Crippen molar-refractivity contribution in [1.29, 1.82) is 0 Å². The summed E-state index contributed by atoms with van der Waals surface area (Å²) in [4.78, 5) is 46.6. The van der Waals surface area contributed by atoms with E-state index in [2.05, 4.69) is 43.7 Å². The number of benzene rings is 2. The first-order valence-corrected chi connectivity index (χ1v) is 14.2. The van der Waals surface area contributed by atoms with Crippen LogP contribution in [0.2, 0.25) is 0 Å². The standard InChI is InChI=1S/C24H32N6O3.C7H6O2/c1-17(31)30-10-7-20(8-11-30)28-23-12-22(26-16-27-23)24(33)25-13-21(32)15-29-9-6-18-4-2-3-5-19(18)14-29;8-7(9)6-4-2-1-3-5-6/h2-5,12,16,20-21,32H,6-11,13-15H2,1H3,(H,25,33)(H,26,27,28);1-5H,(H,8,9)/t21-;/m0./s1. The Kier molecular flexibility index (Phi) is 11.0. The number of likely N-dealkylation sites (tertiary alicyclic amines) is 1. The van der Waals surface area contributed by atoms with Gasteiger partial charge in [-0.1, -0.05) is 42.5 Å². The molecular formula is C31H38N6O5. The van der Waals surface area contributed by atoms with Gasteiger partial charge in [0.2, 0.25) is 5.91 Å². The van der Waals surface area contributed by atoms with Gasteiger partial charge in [0, 0.05) is 58.3 Å². The number of rotatable bonds is 8. The number of hydrogen-bond acceptors (Lipinski definition) is 8. The molecule has 3 heterocycles. The number of amides is 2. The summed E-state index contributed by atoms with van der Waals surface area (Å²) >= 11 is 0. The van der Waals surface area contributed by atoms with Crippen LogP contribution in [0.25, 0.3) is 0 Å². The maximum absolute atomic E-state index is 12.6. The number of carboxylic acid groups (broad SMARTS) is 1. The number of nitrogens with one attached hydrogen (secondary N) is 2.